The molecule has 1 aromatic heterocycles. The molecule has 1 saturated heterocycles. The predicted molar refractivity (Wildman–Crippen MR) is 118 cm³/mol. The van der Waals surface area contributed by atoms with E-state index in [4.69, 9.17) is 4.74 Å². The third-order valence-corrected chi connectivity index (χ3v) is 5.90. The molecular weight excluding hydrogens is 410 g/mol. The van der Waals surface area contributed by atoms with Gasteiger partial charge in [0.2, 0.25) is 0 Å². The summed E-state index contributed by atoms with van der Waals surface area (Å²) in [5.74, 6) is 0.595. The lowest BCUT2D eigenvalue weighted by Gasteiger charge is -2.30. The molecule has 0 radical (unpaired) electrons. The van der Waals surface area contributed by atoms with Gasteiger partial charge < -0.3 is 9.64 Å². The highest BCUT2D eigenvalue weighted by molar-refractivity contribution is 5.93. The van der Waals surface area contributed by atoms with E-state index in [2.05, 4.69) is 10.3 Å². The number of nitro benzene ring substituents is 1. The van der Waals surface area contributed by atoms with Crippen LogP contribution in [-0.2, 0) is 0 Å². The Morgan fingerprint density at radius 2 is 1.94 bits per heavy atom. The Labute approximate surface area is 185 Å². The summed E-state index contributed by atoms with van der Waals surface area (Å²) in [4.78, 5) is 26.1. The summed E-state index contributed by atoms with van der Waals surface area (Å²) in [6, 6.07) is 13.9. The number of carbonyl (C=O) groups excluding carboxylic acids is 1. The molecule has 1 atom stereocenters. The maximum atomic E-state index is 13.6. The van der Waals surface area contributed by atoms with Crippen molar-refractivity contribution >= 4 is 11.6 Å². The lowest BCUT2D eigenvalue weighted by molar-refractivity contribution is -0.384. The number of carbonyl (C=O) groups is 1. The van der Waals surface area contributed by atoms with E-state index in [9.17, 15) is 14.9 Å². The number of hydrogen-bond acceptors (Lipinski definition) is 6. The smallest absolute Gasteiger partial charge is 0.276 e. The fourth-order valence-electron chi connectivity index (χ4n) is 4.17. The zero-order valence-corrected chi connectivity index (χ0v) is 18.1. The molecule has 3 aromatic rings. The van der Waals surface area contributed by atoms with Gasteiger partial charge in [0.25, 0.3) is 11.6 Å². The summed E-state index contributed by atoms with van der Waals surface area (Å²) in [6.45, 7) is 2.39. The molecule has 2 heterocycles. The molecule has 1 aliphatic rings. The molecule has 9 nitrogen and oxygen atoms in total. The van der Waals surface area contributed by atoms with Gasteiger partial charge in [0, 0.05) is 18.7 Å². The number of non-ortho nitro benzene ring substituents is 1. The van der Waals surface area contributed by atoms with Crippen molar-refractivity contribution in [1.82, 2.24) is 19.9 Å². The van der Waals surface area contributed by atoms with Gasteiger partial charge in [-0.05, 0) is 43.5 Å². The minimum Gasteiger partial charge on any atom is -0.497 e. The maximum absolute atomic E-state index is 13.6. The van der Waals surface area contributed by atoms with Crippen molar-refractivity contribution in [1.29, 1.82) is 0 Å². The topological polar surface area (TPSA) is 103 Å². The monoisotopic (exact) mass is 435 g/mol. The Kier molecular flexibility index (Phi) is 6.16. The lowest BCUT2D eigenvalue weighted by atomic mass is 10.00. The van der Waals surface area contributed by atoms with E-state index in [-0.39, 0.29) is 23.3 Å². The van der Waals surface area contributed by atoms with Crippen LogP contribution in [0.1, 0.15) is 53.5 Å². The third-order valence-electron chi connectivity index (χ3n) is 5.90. The Balaban J connectivity index is 1.66. The van der Waals surface area contributed by atoms with Crippen molar-refractivity contribution in [3.05, 3.63) is 75.6 Å². The fourth-order valence-corrected chi connectivity index (χ4v) is 4.17. The maximum Gasteiger partial charge on any atom is 0.276 e. The van der Waals surface area contributed by atoms with Crippen LogP contribution in [0.15, 0.2) is 48.5 Å². The van der Waals surface area contributed by atoms with Gasteiger partial charge in [-0.2, -0.15) is 0 Å². The number of ether oxygens (including phenoxy) is 1. The van der Waals surface area contributed by atoms with Crippen LogP contribution in [0.4, 0.5) is 5.69 Å². The summed E-state index contributed by atoms with van der Waals surface area (Å²) >= 11 is 0. The van der Waals surface area contributed by atoms with Crippen LogP contribution < -0.4 is 4.74 Å². The van der Waals surface area contributed by atoms with Gasteiger partial charge in [-0.25, -0.2) is 4.68 Å². The van der Waals surface area contributed by atoms with Crippen LogP contribution in [0.3, 0.4) is 0 Å². The molecule has 1 unspecified atom stereocenters. The number of hydrogen-bond donors (Lipinski definition) is 0. The summed E-state index contributed by atoms with van der Waals surface area (Å²) < 4.78 is 6.74. The number of rotatable bonds is 5. The highest BCUT2D eigenvalue weighted by Crippen LogP contribution is 2.32. The highest BCUT2D eigenvalue weighted by atomic mass is 16.6. The van der Waals surface area contributed by atoms with E-state index in [0.29, 0.717) is 17.9 Å². The average Bonchev–Trinajstić information content (AvgIpc) is 3.03. The van der Waals surface area contributed by atoms with Crippen LogP contribution in [0.5, 0.6) is 5.75 Å². The zero-order chi connectivity index (χ0) is 22.7. The van der Waals surface area contributed by atoms with Gasteiger partial charge in [0.15, 0.2) is 5.69 Å². The van der Waals surface area contributed by atoms with Gasteiger partial charge in [-0.3, -0.25) is 14.9 Å². The largest absolute Gasteiger partial charge is 0.497 e. The Morgan fingerprint density at radius 1 is 1.16 bits per heavy atom. The second-order valence-corrected chi connectivity index (χ2v) is 7.85. The van der Waals surface area contributed by atoms with Gasteiger partial charge >= 0.3 is 0 Å². The van der Waals surface area contributed by atoms with E-state index in [1.165, 1.54) is 16.8 Å². The first kappa shape index (κ1) is 21.5. The van der Waals surface area contributed by atoms with Crippen molar-refractivity contribution in [3.8, 4) is 11.4 Å². The van der Waals surface area contributed by atoms with E-state index in [1.54, 1.807) is 26.2 Å². The lowest BCUT2D eigenvalue weighted by Crippen LogP contribution is -2.35. The molecule has 0 bridgehead atoms. The molecule has 0 N–H and O–H groups in total. The Bertz CT molecular complexity index is 1130. The number of benzene rings is 2. The molecule has 1 fully saturated rings. The van der Waals surface area contributed by atoms with Crippen molar-refractivity contribution in [2.45, 2.75) is 38.6 Å². The van der Waals surface area contributed by atoms with E-state index in [0.717, 1.165) is 37.0 Å². The quantitative estimate of drug-likeness (QED) is 0.438. The summed E-state index contributed by atoms with van der Waals surface area (Å²) in [6.07, 6.45) is 3.90. The molecule has 2 aromatic carbocycles. The van der Waals surface area contributed by atoms with Crippen molar-refractivity contribution < 1.29 is 14.5 Å². The number of likely N-dealkylation sites (tertiary alicyclic amines) is 1. The van der Waals surface area contributed by atoms with E-state index < -0.39 is 4.92 Å². The standard InChI is InChI=1S/C23H25N5O4/c1-16-22(24-25-27(16)18-7-6-8-19(15-18)28(30)31)23(29)26-14-5-3-4-9-21(26)17-10-12-20(32-2)13-11-17/h6-8,10-13,15,21H,3-5,9,14H2,1-2H3. The number of methoxy groups -OCH3 is 1. The van der Waals surface area contributed by atoms with Crippen LogP contribution in [-0.4, -0.2) is 44.4 Å². The first-order valence-corrected chi connectivity index (χ1v) is 10.6. The summed E-state index contributed by atoms with van der Waals surface area (Å²) in [5.41, 5.74) is 2.32. The number of amides is 1. The third kappa shape index (κ3) is 4.18. The van der Waals surface area contributed by atoms with E-state index >= 15 is 0 Å². The van der Waals surface area contributed by atoms with Crippen molar-refractivity contribution in [2.24, 2.45) is 0 Å². The number of nitro groups is 1. The minimum atomic E-state index is -0.460. The molecule has 4 rings (SSSR count). The number of nitrogens with zero attached hydrogens (tertiary/aromatic N) is 5. The molecular formula is C23H25N5O4. The first-order chi connectivity index (χ1) is 15.5. The van der Waals surface area contributed by atoms with Crippen molar-refractivity contribution in [2.75, 3.05) is 13.7 Å². The van der Waals surface area contributed by atoms with Gasteiger partial charge in [0.05, 0.1) is 29.5 Å². The van der Waals surface area contributed by atoms with Crippen LogP contribution in [0, 0.1) is 17.0 Å². The van der Waals surface area contributed by atoms with Crippen molar-refractivity contribution in [3.63, 3.8) is 0 Å². The molecule has 0 aliphatic carbocycles. The zero-order valence-electron chi connectivity index (χ0n) is 18.1. The first-order valence-electron chi connectivity index (χ1n) is 10.6. The predicted octanol–water partition coefficient (Wildman–Crippen LogP) is 4.25. The fraction of sp³-hybridized carbons (Fsp3) is 0.348. The van der Waals surface area contributed by atoms with Gasteiger partial charge in [0.1, 0.15) is 5.75 Å². The Hall–Kier alpha value is -3.75. The SMILES string of the molecule is COc1ccc(C2CCCCCN2C(=O)c2nnn(-c3cccc([N+](=O)[O-])c3)c2C)cc1. The minimum absolute atomic E-state index is 0.0441. The molecule has 32 heavy (non-hydrogen) atoms. The molecule has 1 aliphatic heterocycles. The number of aromatic nitrogens is 3. The van der Waals surface area contributed by atoms with Crippen LogP contribution >= 0.6 is 0 Å². The van der Waals surface area contributed by atoms with Crippen LogP contribution in [0.25, 0.3) is 5.69 Å². The highest BCUT2D eigenvalue weighted by Gasteiger charge is 2.31. The molecule has 1 amide bonds. The molecule has 9 heteroatoms. The Morgan fingerprint density at radius 3 is 2.66 bits per heavy atom. The molecule has 166 valence electrons. The second kappa shape index (κ2) is 9.17. The average molecular weight is 435 g/mol. The summed E-state index contributed by atoms with van der Waals surface area (Å²) in [5, 5.41) is 19.4. The summed E-state index contributed by atoms with van der Waals surface area (Å²) in [7, 11) is 1.63. The normalized spacial score (nSPS) is 16.4. The van der Waals surface area contributed by atoms with Gasteiger partial charge in [-0.15, -0.1) is 5.10 Å². The molecule has 0 saturated carbocycles. The van der Waals surface area contributed by atoms with Crippen LogP contribution in [0.2, 0.25) is 0 Å². The van der Waals surface area contributed by atoms with E-state index in [1.807, 2.05) is 29.2 Å². The second-order valence-electron chi connectivity index (χ2n) is 7.85. The molecule has 0 spiro atoms. The van der Waals surface area contributed by atoms with Gasteiger partial charge in [-0.1, -0.05) is 36.3 Å².